The largest absolute Gasteiger partial charge is 0.260 e. The lowest BCUT2D eigenvalue weighted by Crippen LogP contribution is -1.93. The minimum absolute atomic E-state index is 0.613. The van der Waals surface area contributed by atoms with Crippen LogP contribution in [0.3, 0.4) is 0 Å². The molecule has 0 aliphatic heterocycles. The molecule has 0 aromatic heterocycles. The molecule has 0 N–H and O–H groups in total. The molecule has 0 heterocycles. The van der Waals surface area contributed by atoms with Crippen molar-refractivity contribution >= 4 is 10.8 Å². The predicted octanol–water partition coefficient (Wildman–Crippen LogP) is 3.01. The Labute approximate surface area is 90.2 Å². The topological polar surface area (TPSA) is 40.9 Å². The van der Waals surface area contributed by atoms with E-state index in [4.69, 9.17) is 5.26 Å². The van der Waals surface area contributed by atoms with Gasteiger partial charge in [0.05, 0.1) is 6.07 Å². The van der Waals surface area contributed by atoms with Crippen molar-refractivity contribution < 1.29 is 4.21 Å². The predicted molar refractivity (Wildman–Crippen MR) is 61.5 cm³/mol. The molecular formula is C11H21NOS. The van der Waals surface area contributed by atoms with Crippen LogP contribution in [-0.4, -0.2) is 16.2 Å². The van der Waals surface area contributed by atoms with E-state index in [9.17, 15) is 4.21 Å². The van der Waals surface area contributed by atoms with Crippen molar-refractivity contribution in [1.82, 2.24) is 0 Å². The van der Waals surface area contributed by atoms with Crippen LogP contribution < -0.4 is 0 Å². The van der Waals surface area contributed by atoms with Gasteiger partial charge in [0, 0.05) is 29.2 Å². The first-order chi connectivity index (χ1) is 6.77. The summed E-state index contributed by atoms with van der Waals surface area (Å²) in [5.74, 6) is 0.856. The van der Waals surface area contributed by atoms with Gasteiger partial charge >= 0.3 is 0 Å². The molecule has 82 valence electrons. The Bertz CT molecular complexity index is 186. The molecule has 1 atom stereocenters. The molecule has 0 saturated heterocycles. The maximum absolute atomic E-state index is 10.7. The maximum atomic E-state index is 10.7. The third kappa shape index (κ3) is 11.6. The summed E-state index contributed by atoms with van der Waals surface area (Å²) >= 11 is 0. The fraction of sp³-hybridized carbons (Fsp3) is 0.909. The first kappa shape index (κ1) is 13.6. The number of rotatable bonds is 9. The van der Waals surface area contributed by atoms with Gasteiger partial charge in [0.25, 0.3) is 0 Å². The summed E-state index contributed by atoms with van der Waals surface area (Å²) in [5, 5.41) is 8.31. The van der Waals surface area contributed by atoms with E-state index in [2.05, 4.69) is 6.07 Å². The average Bonchev–Trinajstić information content (AvgIpc) is 2.15. The molecule has 0 radical (unpaired) electrons. The zero-order valence-corrected chi connectivity index (χ0v) is 9.94. The third-order valence-corrected chi connectivity index (χ3v) is 3.08. The summed E-state index contributed by atoms with van der Waals surface area (Å²) in [6.45, 7) is 0. The minimum atomic E-state index is -0.613. The summed E-state index contributed by atoms with van der Waals surface area (Å²) in [6.07, 6.45) is 10.8. The normalized spacial score (nSPS) is 12.3. The Morgan fingerprint density at radius 2 is 1.50 bits per heavy atom. The fourth-order valence-electron chi connectivity index (χ4n) is 1.39. The Morgan fingerprint density at radius 3 is 2.00 bits per heavy atom. The molecule has 0 amide bonds. The second-order valence-electron chi connectivity index (χ2n) is 3.66. The van der Waals surface area contributed by atoms with Crippen LogP contribution in [0.1, 0.15) is 51.4 Å². The molecule has 1 unspecified atom stereocenters. The molecule has 0 aromatic carbocycles. The third-order valence-electron chi connectivity index (χ3n) is 2.22. The van der Waals surface area contributed by atoms with Crippen molar-refractivity contribution in [1.29, 1.82) is 5.26 Å². The molecule has 0 bridgehead atoms. The first-order valence-corrected chi connectivity index (χ1v) is 7.17. The number of hydrogen-bond acceptors (Lipinski definition) is 2. The number of nitriles is 1. The van der Waals surface area contributed by atoms with Crippen LogP contribution in [-0.2, 0) is 10.8 Å². The van der Waals surface area contributed by atoms with Gasteiger partial charge in [-0.2, -0.15) is 5.26 Å². The summed E-state index contributed by atoms with van der Waals surface area (Å²) in [5.41, 5.74) is 0. The highest BCUT2D eigenvalue weighted by Gasteiger charge is 1.93. The Kier molecular flexibility index (Phi) is 10.4. The summed E-state index contributed by atoms with van der Waals surface area (Å²) in [7, 11) is -0.613. The molecule has 3 heteroatoms. The lowest BCUT2D eigenvalue weighted by atomic mass is 10.1. The van der Waals surface area contributed by atoms with Crippen LogP contribution >= 0.6 is 0 Å². The van der Waals surface area contributed by atoms with E-state index < -0.39 is 10.8 Å². The zero-order valence-electron chi connectivity index (χ0n) is 9.13. The quantitative estimate of drug-likeness (QED) is 0.555. The van der Waals surface area contributed by atoms with E-state index in [0.29, 0.717) is 6.42 Å². The van der Waals surface area contributed by atoms with Gasteiger partial charge in [-0.15, -0.1) is 0 Å². The van der Waals surface area contributed by atoms with E-state index in [1.54, 1.807) is 6.26 Å². The highest BCUT2D eigenvalue weighted by atomic mass is 32.2. The van der Waals surface area contributed by atoms with Crippen molar-refractivity contribution in [3.63, 3.8) is 0 Å². The molecule has 0 fully saturated rings. The van der Waals surface area contributed by atoms with Gasteiger partial charge in [-0.05, 0) is 12.8 Å². The first-order valence-electron chi connectivity index (χ1n) is 5.44. The van der Waals surface area contributed by atoms with Crippen molar-refractivity contribution in [2.24, 2.45) is 0 Å². The molecule has 0 rings (SSSR count). The van der Waals surface area contributed by atoms with Crippen molar-refractivity contribution in [3.05, 3.63) is 0 Å². The Hall–Kier alpha value is -0.360. The molecule has 2 nitrogen and oxygen atoms in total. The van der Waals surface area contributed by atoms with E-state index in [0.717, 1.165) is 18.6 Å². The molecule has 0 aliphatic carbocycles. The summed E-state index contributed by atoms with van der Waals surface area (Å²) in [6, 6.07) is 2.16. The van der Waals surface area contributed by atoms with E-state index in [-0.39, 0.29) is 0 Å². The monoisotopic (exact) mass is 215 g/mol. The van der Waals surface area contributed by atoms with Crippen LogP contribution in [0.25, 0.3) is 0 Å². The average molecular weight is 215 g/mol. The smallest absolute Gasteiger partial charge is 0.0621 e. The second kappa shape index (κ2) is 10.7. The number of unbranched alkanes of at least 4 members (excludes halogenated alkanes) is 7. The molecular weight excluding hydrogens is 194 g/mol. The van der Waals surface area contributed by atoms with Crippen LogP contribution in [0.4, 0.5) is 0 Å². The summed E-state index contributed by atoms with van der Waals surface area (Å²) < 4.78 is 10.7. The van der Waals surface area contributed by atoms with Crippen LogP contribution in [0.15, 0.2) is 0 Å². The van der Waals surface area contributed by atoms with Gasteiger partial charge in [0.15, 0.2) is 0 Å². The van der Waals surface area contributed by atoms with Crippen LogP contribution in [0.2, 0.25) is 0 Å². The second-order valence-corrected chi connectivity index (χ2v) is 5.21. The van der Waals surface area contributed by atoms with Crippen molar-refractivity contribution in [2.75, 3.05) is 12.0 Å². The fourth-order valence-corrected chi connectivity index (χ4v) is 2.00. The summed E-state index contributed by atoms with van der Waals surface area (Å²) in [4.78, 5) is 0. The zero-order chi connectivity index (χ0) is 10.6. The van der Waals surface area contributed by atoms with Crippen molar-refractivity contribution in [3.8, 4) is 6.07 Å². The number of hydrogen-bond donors (Lipinski definition) is 0. The van der Waals surface area contributed by atoms with Gasteiger partial charge in [0.2, 0.25) is 0 Å². The van der Waals surface area contributed by atoms with Gasteiger partial charge in [-0.3, -0.25) is 4.21 Å². The molecule has 0 aromatic rings. The van der Waals surface area contributed by atoms with Gasteiger partial charge in [0.1, 0.15) is 0 Å². The van der Waals surface area contributed by atoms with E-state index in [1.165, 1.54) is 32.1 Å². The van der Waals surface area contributed by atoms with Gasteiger partial charge in [-0.1, -0.05) is 32.1 Å². The molecule has 14 heavy (non-hydrogen) atoms. The highest BCUT2D eigenvalue weighted by Crippen LogP contribution is 2.08. The Balaban J connectivity index is 2.93. The number of nitrogens with zero attached hydrogens (tertiary/aromatic N) is 1. The van der Waals surface area contributed by atoms with E-state index in [1.807, 2.05) is 0 Å². The Morgan fingerprint density at radius 1 is 1.00 bits per heavy atom. The lowest BCUT2D eigenvalue weighted by molar-refractivity contribution is 0.593. The molecule has 0 saturated carbocycles. The SMILES string of the molecule is CS(=O)CCCCCCCCCC#N. The standard InChI is InChI=1S/C11H21NOS/c1-14(13)11-9-7-5-3-2-4-6-8-10-12/h2-9,11H2,1H3. The molecule has 0 aliphatic rings. The van der Waals surface area contributed by atoms with Gasteiger partial charge < -0.3 is 0 Å². The van der Waals surface area contributed by atoms with Crippen LogP contribution in [0, 0.1) is 11.3 Å². The minimum Gasteiger partial charge on any atom is -0.260 e. The maximum Gasteiger partial charge on any atom is 0.0621 e. The van der Waals surface area contributed by atoms with Gasteiger partial charge in [-0.25, -0.2) is 0 Å². The highest BCUT2D eigenvalue weighted by molar-refractivity contribution is 7.84. The molecule has 0 spiro atoms. The van der Waals surface area contributed by atoms with Crippen molar-refractivity contribution in [2.45, 2.75) is 51.4 Å². The van der Waals surface area contributed by atoms with Crippen LogP contribution in [0.5, 0.6) is 0 Å². The lowest BCUT2D eigenvalue weighted by Gasteiger charge is -1.99. The van der Waals surface area contributed by atoms with E-state index >= 15 is 0 Å².